The van der Waals surface area contributed by atoms with E-state index in [9.17, 15) is 17.6 Å². The summed E-state index contributed by atoms with van der Waals surface area (Å²) >= 11 is 0. The first kappa shape index (κ1) is 27.4. The van der Waals surface area contributed by atoms with Gasteiger partial charge in [0.1, 0.15) is 5.82 Å². The normalized spacial score (nSPS) is 29.6. The van der Waals surface area contributed by atoms with E-state index in [0.717, 1.165) is 37.7 Å². The predicted molar refractivity (Wildman–Crippen MR) is 135 cm³/mol. The summed E-state index contributed by atoms with van der Waals surface area (Å²) in [7, 11) is -0.580. The smallest absolute Gasteiger partial charge is 0.279 e. The largest absolute Gasteiger partial charge is 0.381 e. The van der Waals surface area contributed by atoms with Crippen LogP contribution in [0, 0.1) is 17.7 Å². The number of amides is 1. The molecule has 10 heteroatoms. The first-order chi connectivity index (χ1) is 17.2. The molecule has 2 saturated heterocycles. The maximum Gasteiger partial charge on any atom is 0.279 e. The zero-order valence-corrected chi connectivity index (χ0v) is 22.2. The molecule has 0 aromatic heterocycles. The monoisotopic (exact) mass is 525 g/mol. The number of nitrogens with one attached hydrogen (secondary N) is 1. The third kappa shape index (κ3) is 7.25. The molecule has 2 heterocycles. The summed E-state index contributed by atoms with van der Waals surface area (Å²) in [6, 6.07) is 6.55. The fraction of sp³-hybridized carbons (Fsp3) is 0.731. The van der Waals surface area contributed by atoms with Gasteiger partial charge in [0.05, 0.1) is 12.7 Å². The zero-order valence-electron chi connectivity index (χ0n) is 21.4. The molecule has 0 radical (unpaired) electrons. The summed E-state index contributed by atoms with van der Waals surface area (Å²) < 4.78 is 54.4. The third-order valence-corrected chi connectivity index (χ3v) is 9.46. The van der Waals surface area contributed by atoms with E-state index in [4.69, 9.17) is 9.47 Å². The van der Waals surface area contributed by atoms with Gasteiger partial charge in [0, 0.05) is 58.8 Å². The Morgan fingerprint density at radius 3 is 2.64 bits per heavy atom. The van der Waals surface area contributed by atoms with E-state index in [1.54, 1.807) is 12.1 Å². The Kier molecular flexibility index (Phi) is 9.38. The number of likely N-dealkylation sites (tertiary alicyclic amines) is 1. The minimum atomic E-state index is -3.59. The SMILES string of the molecule is CN(C)S(=O)(=O)NC1CCN(C(=O)C[C@@H]2CCOC2)CC1COC1CCC(c2cccc(F)c2)CC1. The van der Waals surface area contributed by atoms with Crippen LogP contribution in [0.4, 0.5) is 4.39 Å². The van der Waals surface area contributed by atoms with Crippen LogP contribution in [-0.2, 0) is 24.5 Å². The maximum atomic E-state index is 13.6. The summed E-state index contributed by atoms with van der Waals surface area (Å²) in [4.78, 5) is 14.8. The van der Waals surface area contributed by atoms with Crippen LogP contribution in [0.1, 0.15) is 56.4 Å². The van der Waals surface area contributed by atoms with E-state index in [1.807, 2.05) is 11.0 Å². The van der Waals surface area contributed by atoms with Crippen LogP contribution in [0.2, 0.25) is 0 Å². The van der Waals surface area contributed by atoms with Crippen molar-refractivity contribution in [1.82, 2.24) is 13.9 Å². The number of hydrogen-bond acceptors (Lipinski definition) is 5. The van der Waals surface area contributed by atoms with Crippen molar-refractivity contribution in [3.8, 4) is 0 Å². The molecule has 1 aromatic rings. The summed E-state index contributed by atoms with van der Waals surface area (Å²) in [5, 5.41) is 0. The summed E-state index contributed by atoms with van der Waals surface area (Å²) in [5.74, 6) is 0.389. The van der Waals surface area contributed by atoms with Gasteiger partial charge in [-0.2, -0.15) is 17.4 Å². The molecule has 8 nitrogen and oxygen atoms in total. The Morgan fingerprint density at radius 1 is 1.19 bits per heavy atom. The summed E-state index contributed by atoms with van der Waals surface area (Å²) in [6.07, 6.45) is 5.66. The van der Waals surface area contributed by atoms with Gasteiger partial charge in [-0.3, -0.25) is 4.79 Å². The highest BCUT2D eigenvalue weighted by molar-refractivity contribution is 7.87. The highest BCUT2D eigenvalue weighted by atomic mass is 32.2. The number of halogens is 1. The van der Waals surface area contributed by atoms with Gasteiger partial charge in [-0.15, -0.1) is 0 Å². The van der Waals surface area contributed by atoms with Crippen molar-refractivity contribution >= 4 is 16.1 Å². The van der Waals surface area contributed by atoms with Crippen molar-refractivity contribution in [1.29, 1.82) is 0 Å². The topological polar surface area (TPSA) is 88.2 Å². The average molecular weight is 526 g/mol. The number of hydrogen-bond donors (Lipinski definition) is 1. The van der Waals surface area contributed by atoms with Crippen molar-refractivity contribution in [2.75, 3.05) is 47.0 Å². The van der Waals surface area contributed by atoms with E-state index in [0.29, 0.717) is 51.7 Å². The molecule has 0 spiro atoms. The Hall–Kier alpha value is -1.59. The van der Waals surface area contributed by atoms with E-state index < -0.39 is 10.2 Å². The summed E-state index contributed by atoms with van der Waals surface area (Å²) in [6.45, 7) is 2.75. The van der Waals surface area contributed by atoms with Gasteiger partial charge in [-0.25, -0.2) is 4.39 Å². The molecule has 36 heavy (non-hydrogen) atoms. The number of rotatable bonds is 9. The van der Waals surface area contributed by atoms with Crippen LogP contribution >= 0.6 is 0 Å². The zero-order chi connectivity index (χ0) is 25.7. The molecule has 1 aliphatic carbocycles. The predicted octanol–water partition coefficient (Wildman–Crippen LogP) is 2.91. The van der Waals surface area contributed by atoms with Crippen LogP contribution in [0.15, 0.2) is 24.3 Å². The Bertz CT molecular complexity index is 978. The molecule has 2 unspecified atom stereocenters. The number of benzene rings is 1. The van der Waals surface area contributed by atoms with Gasteiger partial charge in [-0.1, -0.05) is 12.1 Å². The molecular formula is C26H40FN3O5S. The van der Waals surface area contributed by atoms with Crippen molar-refractivity contribution in [3.63, 3.8) is 0 Å². The van der Waals surface area contributed by atoms with Gasteiger partial charge in [0.25, 0.3) is 10.2 Å². The number of ether oxygens (including phenoxy) is 2. The number of carbonyl (C=O) groups is 1. The molecule has 202 valence electrons. The first-order valence-electron chi connectivity index (χ1n) is 13.1. The van der Waals surface area contributed by atoms with Gasteiger partial charge in [0.15, 0.2) is 0 Å². The molecule has 1 aromatic carbocycles. The molecule has 1 N–H and O–H groups in total. The van der Waals surface area contributed by atoms with Gasteiger partial charge in [0.2, 0.25) is 5.91 Å². The van der Waals surface area contributed by atoms with Crippen LogP contribution in [-0.4, -0.2) is 82.7 Å². The quantitative estimate of drug-likeness (QED) is 0.536. The van der Waals surface area contributed by atoms with Crippen molar-refractivity contribution < 1.29 is 27.1 Å². The fourth-order valence-corrected chi connectivity index (χ4v) is 6.49. The second-order valence-corrected chi connectivity index (χ2v) is 12.6. The van der Waals surface area contributed by atoms with Crippen LogP contribution in [0.5, 0.6) is 0 Å². The number of carbonyl (C=O) groups excluding carboxylic acids is 1. The van der Waals surface area contributed by atoms with Crippen LogP contribution in [0.25, 0.3) is 0 Å². The van der Waals surface area contributed by atoms with E-state index in [2.05, 4.69) is 4.72 Å². The second kappa shape index (κ2) is 12.3. The Labute approximate surface area is 214 Å². The van der Waals surface area contributed by atoms with Gasteiger partial charge < -0.3 is 14.4 Å². The van der Waals surface area contributed by atoms with Crippen LogP contribution in [0.3, 0.4) is 0 Å². The highest BCUT2D eigenvalue weighted by Crippen LogP contribution is 2.35. The molecule has 4 rings (SSSR count). The fourth-order valence-electron chi connectivity index (χ4n) is 5.58. The van der Waals surface area contributed by atoms with E-state index in [1.165, 1.54) is 24.5 Å². The highest BCUT2D eigenvalue weighted by Gasteiger charge is 2.36. The Balaban J connectivity index is 1.34. The molecule has 3 fully saturated rings. The first-order valence-corrected chi connectivity index (χ1v) is 14.6. The number of piperidine rings is 1. The van der Waals surface area contributed by atoms with Crippen LogP contribution < -0.4 is 4.72 Å². The van der Waals surface area contributed by atoms with Gasteiger partial charge >= 0.3 is 0 Å². The molecule has 3 aliphatic rings. The van der Waals surface area contributed by atoms with Crippen molar-refractivity contribution in [2.45, 2.75) is 63.0 Å². The lowest BCUT2D eigenvalue weighted by molar-refractivity contribution is -0.135. The molecule has 3 atom stereocenters. The average Bonchev–Trinajstić information content (AvgIpc) is 3.36. The summed E-state index contributed by atoms with van der Waals surface area (Å²) in [5.41, 5.74) is 1.04. The lowest BCUT2D eigenvalue weighted by Crippen LogP contribution is -2.55. The standard InChI is InChI=1S/C26H40FN3O5S/c1-29(2)36(32,33)28-25-10-12-30(26(31)14-19-11-13-34-17-19)16-22(25)18-35-24-8-6-20(7-9-24)21-4-3-5-23(27)15-21/h3-5,15,19-20,22,24-25,28H,6-14,16-18H2,1-2H3/t19-,20?,22?,24?,25?/m0/s1. The maximum absolute atomic E-state index is 13.6. The molecule has 1 saturated carbocycles. The van der Waals surface area contributed by atoms with Crippen molar-refractivity contribution in [2.24, 2.45) is 11.8 Å². The number of nitrogens with zero attached hydrogens (tertiary/aromatic N) is 2. The van der Waals surface area contributed by atoms with E-state index in [-0.39, 0.29) is 35.7 Å². The van der Waals surface area contributed by atoms with E-state index >= 15 is 0 Å². The van der Waals surface area contributed by atoms with Gasteiger partial charge in [-0.05, 0) is 68.1 Å². The lowest BCUT2D eigenvalue weighted by Gasteiger charge is -2.40. The molecule has 2 aliphatic heterocycles. The molecule has 1 amide bonds. The third-order valence-electron chi connectivity index (χ3n) is 7.90. The molecular weight excluding hydrogens is 485 g/mol. The van der Waals surface area contributed by atoms with Crippen molar-refractivity contribution in [3.05, 3.63) is 35.6 Å². The molecule has 0 bridgehead atoms. The Morgan fingerprint density at radius 2 is 1.97 bits per heavy atom. The second-order valence-electron chi connectivity index (χ2n) is 10.7. The minimum absolute atomic E-state index is 0.0858. The lowest BCUT2D eigenvalue weighted by atomic mass is 9.82. The minimum Gasteiger partial charge on any atom is -0.381 e.